The lowest BCUT2D eigenvalue weighted by Crippen LogP contribution is -2.61. The molecule has 1 saturated heterocycles. The fourth-order valence-corrected chi connectivity index (χ4v) is 5.09. The van der Waals surface area contributed by atoms with Crippen LogP contribution < -0.4 is 15.4 Å². The number of nitrogens with zero attached hydrogens (tertiary/aromatic N) is 3. The number of allylic oxidation sites excluding steroid dienone is 1. The van der Waals surface area contributed by atoms with E-state index in [0.717, 1.165) is 48.7 Å². The van der Waals surface area contributed by atoms with Crippen LogP contribution in [0.15, 0.2) is 42.7 Å². The predicted molar refractivity (Wildman–Crippen MR) is 137 cm³/mol. The summed E-state index contributed by atoms with van der Waals surface area (Å²) >= 11 is 0. The number of hydrogen-bond donors (Lipinski definition) is 3. The summed E-state index contributed by atoms with van der Waals surface area (Å²) in [5.74, 6) is 1.28. The molecule has 186 valence electrons. The van der Waals surface area contributed by atoms with Crippen LogP contribution in [0.4, 0.5) is 5.82 Å². The Morgan fingerprint density at radius 1 is 1.14 bits per heavy atom. The molecule has 0 aromatic carbocycles. The van der Waals surface area contributed by atoms with Crippen LogP contribution in [0.25, 0.3) is 16.6 Å². The molecule has 36 heavy (non-hydrogen) atoms. The van der Waals surface area contributed by atoms with E-state index in [1.165, 1.54) is 5.57 Å². The lowest BCUT2D eigenvalue weighted by molar-refractivity contribution is -0.117. The van der Waals surface area contributed by atoms with Gasteiger partial charge < -0.3 is 25.3 Å². The second-order valence-electron chi connectivity index (χ2n) is 9.92. The molecule has 3 aromatic heterocycles. The van der Waals surface area contributed by atoms with Crippen molar-refractivity contribution in [2.24, 2.45) is 5.92 Å². The molecule has 2 aliphatic carbocycles. The van der Waals surface area contributed by atoms with E-state index in [9.17, 15) is 9.59 Å². The second kappa shape index (κ2) is 9.39. The minimum absolute atomic E-state index is 0.0114. The first-order valence-electron chi connectivity index (χ1n) is 12.6. The number of likely N-dealkylation sites (tertiary alicyclic amines) is 1. The number of carbonyl (C=O) groups is 2. The number of H-pyrrole nitrogens is 1. The lowest BCUT2D eigenvalue weighted by atomic mass is 9.89. The fourth-order valence-electron chi connectivity index (χ4n) is 5.09. The Labute approximate surface area is 209 Å². The molecule has 3 N–H and O–H groups in total. The van der Waals surface area contributed by atoms with Gasteiger partial charge in [0.2, 0.25) is 11.8 Å². The quantitative estimate of drug-likeness (QED) is 0.472. The van der Waals surface area contributed by atoms with E-state index < -0.39 is 0 Å². The smallest absolute Gasteiger partial charge is 0.254 e. The van der Waals surface area contributed by atoms with Gasteiger partial charge in [-0.25, -0.2) is 9.97 Å². The van der Waals surface area contributed by atoms with Crippen molar-refractivity contribution in [2.75, 3.05) is 25.5 Å². The highest BCUT2D eigenvalue weighted by molar-refractivity contribution is 5.97. The summed E-state index contributed by atoms with van der Waals surface area (Å²) < 4.78 is 5.13. The molecule has 4 heterocycles. The van der Waals surface area contributed by atoms with E-state index in [1.54, 1.807) is 25.4 Å². The fraction of sp³-hybridized carbons (Fsp3) is 0.407. The molecule has 1 atom stereocenters. The van der Waals surface area contributed by atoms with Crippen LogP contribution in [0.2, 0.25) is 0 Å². The number of anilines is 1. The Morgan fingerprint density at radius 3 is 2.75 bits per heavy atom. The van der Waals surface area contributed by atoms with Crippen LogP contribution in [-0.4, -0.2) is 63.9 Å². The van der Waals surface area contributed by atoms with Crippen LogP contribution in [0.5, 0.6) is 5.88 Å². The molecule has 0 bridgehead atoms. The highest BCUT2D eigenvalue weighted by Crippen LogP contribution is 2.34. The van der Waals surface area contributed by atoms with Gasteiger partial charge in [0.05, 0.1) is 7.11 Å². The van der Waals surface area contributed by atoms with Gasteiger partial charge in [0.25, 0.3) is 5.91 Å². The van der Waals surface area contributed by atoms with Crippen molar-refractivity contribution in [3.63, 3.8) is 0 Å². The van der Waals surface area contributed by atoms with E-state index in [4.69, 9.17) is 4.74 Å². The van der Waals surface area contributed by atoms with E-state index >= 15 is 0 Å². The Bertz CT molecular complexity index is 1340. The third kappa shape index (κ3) is 4.58. The molecule has 0 spiro atoms. The van der Waals surface area contributed by atoms with Crippen molar-refractivity contribution in [2.45, 2.75) is 44.2 Å². The normalized spacial score (nSPS) is 20.1. The third-order valence-corrected chi connectivity index (χ3v) is 7.32. The van der Waals surface area contributed by atoms with Crippen LogP contribution in [0.3, 0.4) is 0 Å². The maximum absolute atomic E-state index is 12.7. The zero-order valence-electron chi connectivity index (χ0n) is 20.3. The molecule has 9 heteroatoms. The van der Waals surface area contributed by atoms with Gasteiger partial charge in [-0.05, 0) is 61.4 Å². The van der Waals surface area contributed by atoms with Gasteiger partial charge in [-0.2, -0.15) is 0 Å². The standard InChI is InChI=1S/C27H30N6O3/c1-36-24-12-18(8-10-28-24)27(35)33-14-20(15-33)30-19-6-4-16(5-7-19)22-13-23(32-26(34)17-2-3-17)31-25-21(22)9-11-29-25/h4,8-13,17,19-20,30H,2-3,5-7,14-15H2,1H3,(H2,29,31,32,34). The Hall–Kier alpha value is -3.72. The highest BCUT2D eigenvalue weighted by Gasteiger charge is 2.33. The first-order chi connectivity index (χ1) is 17.6. The Morgan fingerprint density at radius 2 is 2.00 bits per heavy atom. The maximum Gasteiger partial charge on any atom is 0.254 e. The number of aromatic nitrogens is 3. The Balaban J connectivity index is 1.07. The molecule has 3 aromatic rings. The molecule has 2 amide bonds. The minimum atomic E-state index is 0.0114. The van der Waals surface area contributed by atoms with Crippen LogP contribution in [-0.2, 0) is 4.79 Å². The van der Waals surface area contributed by atoms with E-state index in [2.05, 4.69) is 31.7 Å². The van der Waals surface area contributed by atoms with Crippen LogP contribution in [0, 0.1) is 5.92 Å². The molecule has 9 nitrogen and oxygen atoms in total. The number of fused-ring (bicyclic) bond motifs is 1. The van der Waals surface area contributed by atoms with Crippen molar-refractivity contribution < 1.29 is 14.3 Å². The zero-order chi connectivity index (χ0) is 24.6. The van der Waals surface area contributed by atoms with Gasteiger partial charge in [-0.1, -0.05) is 6.08 Å². The van der Waals surface area contributed by atoms with Gasteiger partial charge in [0.1, 0.15) is 11.5 Å². The summed E-state index contributed by atoms with van der Waals surface area (Å²) in [6, 6.07) is 8.16. The SMILES string of the molecule is COc1cc(C(=O)N2CC(NC3CC=C(c4cc(NC(=O)C5CC5)nc5[nH]ccc45)CC3)C2)ccn1. The van der Waals surface area contributed by atoms with Crippen molar-refractivity contribution in [3.05, 3.63) is 53.9 Å². The van der Waals surface area contributed by atoms with Crippen LogP contribution >= 0.6 is 0 Å². The van der Waals surface area contributed by atoms with Crippen LogP contribution in [0.1, 0.15) is 48.0 Å². The van der Waals surface area contributed by atoms with E-state index in [1.807, 2.05) is 23.2 Å². The van der Waals surface area contributed by atoms with Gasteiger partial charge in [-0.3, -0.25) is 9.59 Å². The summed E-state index contributed by atoms with van der Waals surface area (Å²) in [4.78, 5) is 38.7. The number of pyridine rings is 2. The molecule has 1 aliphatic heterocycles. The molecule has 2 fully saturated rings. The van der Waals surface area contributed by atoms with Crippen molar-refractivity contribution in [1.29, 1.82) is 0 Å². The predicted octanol–water partition coefficient (Wildman–Crippen LogP) is 3.37. The van der Waals surface area contributed by atoms with E-state index in [0.29, 0.717) is 42.4 Å². The molecular weight excluding hydrogens is 456 g/mol. The topological polar surface area (TPSA) is 112 Å². The number of methoxy groups -OCH3 is 1. The van der Waals surface area contributed by atoms with Gasteiger partial charge in [0, 0.05) is 60.5 Å². The van der Waals surface area contributed by atoms with Crippen molar-refractivity contribution in [1.82, 2.24) is 25.2 Å². The lowest BCUT2D eigenvalue weighted by Gasteiger charge is -2.42. The first kappa shape index (κ1) is 22.7. The monoisotopic (exact) mass is 486 g/mol. The number of aromatic amines is 1. The number of hydrogen-bond acceptors (Lipinski definition) is 6. The minimum Gasteiger partial charge on any atom is -0.481 e. The average Bonchev–Trinajstić information content (AvgIpc) is 3.63. The largest absolute Gasteiger partial charge is 0.481 e. The number of nitrogens with one attached hydrogen (secondary N) is 3. The molecule has 3 aliphatic rings. The third-order valence-electron chi connectivity index (χ3n) is 7.32. The summed E-state index contributed by atoms with van der Waals surface area (Å²) in [5.41, 5.74) is 3.83. The number of rotatable bonds is 7. The molecule has 0 radical (unpaired) electrons. The number of amides is 2. The summed E-state index contributed by atoms with van der Waals surface area (Å²) in [7, 11) is 1.55. The second-order valence-corrected chi connectivity index (χ2v) is 9.92. The maximum atomic E-state index is 12.7. The first-order valence-corrected chi connectivity index (χ1v) is 12.6. The summed E-state index contributed by atoms with van der Waals surface area (Å²) in [6.07, 6.45) is 10.6. The average molecular weight is 487 g/mol. The van der Waals surface area contributed by atoms with Crippen molar-refractivity contribution >= 4 is 34.2 Å². The van der Waals surface area contributed by atoms with Gasteiger partial charge >= 0.3 is 0 Å². The van der Waals surface area contributed by atoms with E-state index in [-0.39, 0.29) is 17.7 Å². The number of carbonyl (C=O) groups excluding carboxylic acids is 2. The molecular formula is C27H30N6O3. The molecule has 6 rings (SSSR count). The zero-order valence-corrected chi connectivity index (χ0v) is 20.3. The van der Waals surface area contributed by atoms with Crippen molar-refractivity contribution in [3.8, 4) is 5.88 Å². The Kier molecular flexibility index (Phi) is 5.92. The number of ether oxygens (including phenoxy) is 1. The molecule has 1 unspecified atom stereocenters. The molecule has 1 saturated carbocycles. The highest BCUT2D eigenvalue weighted by atomic mass is 16.5. The van der Waals surface area contributed by atoms with Gasteiger partial charge in [-0.15, -0.1) is 0 Å². The van der Waals surface area contributed by atoms with Gasteiger partial charge in [0.15, 0.2) is 0 Å². The summed E-state index contributed by atoms with van der Waals surface area (Å²) in [6.45, 7) is 1.41. The summed E-state index contributed by atoms with van der Waals surface area (Å²) in [5, 5.41) is 7.80.